The largest absolute Gasteiger partial charge is 0.393 e. The van der Waals surface area contributed by atoms with Gasteiger partial charge in [-0.25, -0.2) is 9.97 Å². The Balaban J connectivity index is 2.09. The number of nitrogens with one attached hydrogen (secondary N) is 1. The first kappa shape index (κ1) is 12.4. The summed E-state index contributed by atoms with van der Waals surface area (Å²) in [6, 6.07) is 0.438. The van der Waals surface area contributed by atoms with Gasteiger partial charge >= 0.3 is 0 Å². The number of nitrogen functional groups attached to an aromatic ring is 1. The van der Waals surface area contributed by atoms with Crippen molar-refractivity contribution in [1.82, 2.24) is 9.97 Å². The Hall–Kier alpha value is -1.03. The number of rotatable bonds is 3. The maximum Gasteiger partial charge on any atom is 0.157 e. The third-order valence-corrected chi connectivity index (χ3v) is 4.21. The fraction of sp³-hybridized carbons (Fsp3) is 0.667. The molecule has 17 heavy (non-hydrogen) atoms. The summed E-state index contributed by atoms with van der Waals surface area (Å²) in [4.78, 5) is 8.01. The van der Waals surface area contributed by atoms with E-state index in [0.29, 0.717) is 28.6 Å². The molecule has 1 aliphatic carbocycles. The molecular formula is C12H19ClN4. The van der Waals surface area contributed by atoms with Crippen LogP contribution in [0.2, 0.25) is 5.15 Å². The third kappa shape index (κ3) is 2.46. The van der Waals surface area contributed by atoms with Crippen LogP contribution in [0.15, 0.2) is 6.33 Å². The summed E-state index contributed by atoms with van der Waals surface area (Å²) in [5.74, 6) is 2.11. The molecule has 1 aromatic heterocycles. The molecule has 1 heterocycles. The quantitative estimate of drug-likeness (QED) is 0.814. The van der Waals surface area contributed by atoms with E-state index >= 15 is 0 Å². The summed E-state index contributed by atoms with van der Waals surface area (Å²) in [6.45, 7) is 4.54. The average molecular weight is 255 g/mol. The Kier molecular flexibility index (Phi) is 3.72. The SMILES string of the molecule is CCC1CCC(Nc2ncnc(Cl)c2N)C1C. The van der Waals surface area contributed by atoms with Gasteiger partial charge in [-0.1, -0.05) is 31.9 Å². The van der Waals surface area contributed by atoms with Crippen LogP contribution in [0.25, 0.3) is 0 Å². The Labute approximate surface area is 107 Å². The Morgan fingerprint density at radius 3 is 2.88 bits per heavy atom. The molecule has 0 spiro atoms. The number of halogens is 1. The van der Waals surface area contributed by atoms with Gasteiger partial charge in [0.1, 0.15) is 12.0 Å². The summed E-state index contributed by atoms with van der Waals surface area (Å²) in [7, 11) is 0. The highest BCUT2D eigenvalue weighted by Gasteiger charge is 2.31. The highest BCUT2D eigenvalue weighted by atomic mass is 35.5. The van der Waals surface area contributed by atoms with Crippen molar-refractivity contribution in [3.63, 3.8) is 0 Å². The van der Waals surface area contributed by atoms with E-state index in [-0.39, 0.29) is 0 Å². The van der Waals surface area contributed by atoms with Crippen molar-refractivity contribution in [2.45, 2.75) is 39.2 Å². The van der Waals surface area contributed by atoms with Crippen molar-refractivity contribution in [2.24, 2.45) is 11.8 Å². The fourth-order valence-corrected chi connectivity index (χ4v) is 2.83. The lowest BCUT2D eigenvalue weighted by molar-refractivity contribution is 0.391. The summed E-state index contributed by atoms with van der Waals surface area (Å²) in [6.07, 6.45) is 5.12. The number of hydrogen-bond donors (Lipinski definition) is 2. The fourth-order valence-electron chi connectivity index (χ4n) is 2.69. The number of aromatic nitrogens is 2. The molecule has 3 atom stereocenters. The van der Waals surface area contributed by atoms with E-state index in [4.69, 9.17) is 17.3 Å². The van der Waals surface area contributed by atoms with Gasteiger partial charge in [-0.15, -0.1) is 0 Å². The molecule has 2 rings (SSSR count). The van der Waals surface area contributed by atoms with E-state index in [2.05, 4.69) is 29.1 Å². The second-order valence-electron chi connectivity index (χ2n) is 4.78. The van der Waals surface area contributed by atoms with Crippen molar-refractivity contribution in [3.05, 3.63) is 11.5 Å². The summed E-state index contributed by atoms with van der Waals surface area (Å²) < 4.78 is 0. The summed E-state index contributed by atoms with van der Waals surface area (Å²) in [5.41, 5.74) is 6.30. The second kappa shape index (κ2) is 5.08. The predicted molar refractivity (Wildman–Crippen MR) is 71.0 cm³/mol. The van der Waals surface area contributed by atoms with Gasteiger partial charge in [0.25, 0.3) is 0 Å². The van der Waals surface area contributed by atoms with Gasteiger partial charge in [-0.2, -0.15) is 0 Å². The molecule has 0 saturated heterocycles. The molecule has 1 aliphatic rings. The van der Waals surface area contributed by atoms with Crippen LogP contribution in [0, 0.1) is 11.8 Å². The van der Waals surface area contributed by atoms with Crippen LogP contribution in [-0.4, -0.2) is 16.0 Å². The van der Waals surface area contributed by atoms with Crippen LogP contribution in [0.1, 0.15) is 33.1 Å². The Morgan fingerprint density at radius 2 is 2.24 bits per heavy atom. The van der Waals surface area contributed by atoms with Crippen LogP contribution in [-0.2, 0) is 0 Å². The highest BCUT2D eigenvalue weighted by molar-refractivity contribution is 6.32. The molecule has 5 heteroatoms. The first-order valence-corrected chi connectivity index (χ1v) is 6.53. The number of anilines is 2. The lowest BCUT2D eigenvalue weighted by Gasteiger charge is -2.22. The molecule has 0 radical (unpaired) electrons. The van der Waals surface area contributed by atoms with Crippen molar-refractivity contribution < 1.29 is 0 Å². The number of nitrogens with zero attached hydrogens (tertiary/aromatic N) is 2. The van der Waals surface area contributed by atoms with Gasteiger partial charge in [0.05, 0.1) is 0 Å². The van der Waals surface area contributed by atoms with Crippen LogP contribution in [0.4, 0.5) is 11.5 Å². The van der Waals surface area contributed by atoms with E-state index in [1.807, 2.05) is 0 Å². The predicted octanol–water partition coefficient (Wildman–Crippen LogP) is 2.95. The molecule has 0 amide bonds. The number of nitrogens with two attached hydrogens (primary N) is 1. The van der Waals surface area contributed by atoms with Gasteiger partial charge in [-0.05, 0) is 24.7 Å². The minimum atomic E-state index is 0.320. The molecule has 0 aromatic carbocycles. The molecule has 1 fully saturated rings. The van der Waals surface area contributed by atoms with Crippen molar-refractivity contribution in [3.8, 4) is 0 Å². The van der Waals surface area contributed by atoms with E-state index in [1.54, 1.807) is 0 Å². The van der Waals surface area contributed by atoms with Gasteiger partial charge in [0, 0.05) is 6.04 Å². The van der Waals surface area contributed by atoms with Crippen LogP contribution in [0.3, 0.4) is 0 Å². The topological polar surface area (TPSA) is 63.8 Å². The Morgan fingerprint density at radius 1 is 1.47 bits per heavy atom. The molecule has 1 saturated carbocycles. The highest BCUT2D eigenvalue weighted by Crippen LogP contribution is 2.36. The average Bonchev–Trinajstić information content (AvgIpc) is 2.66. The van der Waals surface area contributed by atoms with Crippen molar-refractivity contribution >= 4 is 23.1 Å². The third-order valence-electron chi connectivity index (χ3n) is 3.91. The normalized spacial score (nSPS) is 28.3. The maximum atomic E-state index is 5.88. The first-order chi connectivity index (χ1) is 8.13. The van der Waals surface area contributed by atoms with E-state index in [0.717, 1.165) is 5.92 Å². The number of hydrogen-bond acceptors (Lipinski definition) is 4. The molecule has 4 nitrogen and oxygen atoms in total. The lowest BCUT2D eigenvalue weighted by Crippen LogP contribution is -2.25. The van der Waals surface area contributed by atoms with Crippen molar-refractivity contribution in [2.75, 3.05) is 11.1 Å². The first-order valence-electron chi connectivity index (χ1n) is 6.16. The Bertz CT molecular complexity index is 396. The molecule has 0 bridgehead atoms. The van der Waals surface area contributed by atoms with Gasteiger partial charge < -0.3 is 11.1 Å². The van der Waals surface area contributed by atoms with E-state index < -0.39 is 0 Å². The van der Waals surface area contributed by atoms with E-state index in [9.17, 15) is 0 Å². The zero-order valence-electron chi connectivity index (χ0n) is 10.3. The molecule has 3 N–H and O–H groups in total. The monoisotopic (exact) mass is 254 g/mol. The molecule has 3 unspecified atom stereocenters. The van der Waals surface area contributed by atoms with Crippen LogP contribution in [0.5, 0.6) is 0 Å². The lowest BCUT2D eigenvalue weighted by atomic mass is 9.93. The minimum absolute atomic E-state index is 0.320. The zero-order valence-corrected chi connectivity index (χ0v) is 11.0. The molecular weight excluding hydrogens is 236 g/mol. The minimum Gasteiger partial charge on any atom is -0.393 e. The van der Waals surface area contributed by atoms with Gasteiger partial charge in [0.2, 0.25) is 0 Å². The zero-order chi connectivity index (χ0) is 12.4. The smallest absolute Gasteiger partial charge is 0.157 e. The van der Waals surface area contributed by atoms with Crippen LogP contribution < -0.4 is 11.1 Å². The van der Waals surface area contributed by atoms with E-state index in [1.165, 1.54) is 25.6 Å². The van der Waals surface area contributed by atoms with Gasteiger partial charge in [-0.3, -0.25) is 0 Å². The molecule has 1 aromatic rings. The van der Waals surface area contributed by atoms with Crippen LogP contribution >= 0.6 is 11.6 Å². The second-order valence-corrected chi connectivity index (χ2v) is 5.14. The van der Waals surface area contributed by atoms with Crippen molar-refractivity contribution in [1.29, 1.82) is 0 Å². The maximum absolute atomic E-state index is 5.88. The molecule has 94 valence electrons. The standard InChI is InChI=1S/C12H19ClN4/c1-3-8-4-5-9(7(8)2)17-12-10(14)11(13)15-6-16-12/h6-9H,3-5,14H2,1-2H3,(H,15,16,17). The van der Waals surface area contributed by atoms with Gasteiger partial charge in [0.15, 0.2) is 11.0 Å². The molecule has 0 aliphatic heterocycles. The summed E-state index contributed by atoms with van der Waals surface area (Å²) >= 11 is 5.88. The summed E-state index contributed by atoms with van der Waals surface area (Å²) in [5, 5.41) is 3.72.